The Bertz CT molecular complexity index is 909. The summed E-state index contributed by atoms with van der Waals surface area (Å²) >= 11 is 5.86. The second kappa shape index (κ2) is 7.36. The smallest absolute Gasteiger partial charge is 0.280 e. The van der Waals surface area contributed by atoms with Crippen molar-refractivity contribution >= 4 is 41.0 Å². The maximum absolute atomic E-state index is 12.5. The zero-order chi connectivity index (χ0) is 19.6. The Kier molecular flexibility index (Phi) is 5.14. The van der Waals surface area contributed by atoms with E-state index in [1.54, 1.807) is 47.4 Å². The molecule has 1 aliphatic heterocycles. The maximum atomic E-state index is 12.5. The van der Waals surface area contributed by atoms with Gasteiger partial charge in [-0.05, 0) is 50.2 Å². The number of halogens is 1. The largest absolute Gasteiger partial charge is 0.353 e. The Morgan fingerprint density at radius 2 is 1.89 bits per heavy atom. The number of carbonyl (C=O) groups excluding carboxylic acids is 2. The number of nitrogens with zero attached hydrogens (tertiary/aromatic N) is 3. The van der Waals surface area contributed by atoms with E-state index in [1.165, 1.54) is 6.92 Å². The quantitative estimate of drug-likeness (QED) is 0.787. The highest BCUT2D eigenvalue weighted by molar-refractivity contribution is 6.30. The molecule has 8 heteroatoms. The van der Waals surface area contributed by atoms with E-state index in [4.69, 9.17) is 11.6 Å². The van der Waals surface area contributed by atoms with Crippen LogP contribution in [0.3, 0.4) is 0 Å². The number of benzene rings is 1. The SMILES string of the molecule is CC(=O)N1c2cccc(n2)N/C(=N\C(=O)c2ccc(Cl)cc2)NCC1(C)C. The molecule has 2 heterocycles. The van der Waals surface area contributed by atoms with Crippen LogP contribution in [0.25, 0.3) is 0 Å². The van der Waals surface area contributed by atoms with E-state index in [-0.39, 0.29) is 11.9 Å². The molecule has 27 heavy (non-hydrogen) atoms. The fourth-order valence-electron chi connectivity index (χ4n) is 2.89. The molecule has 0 aliphatic carbocycles. The molecule has 1 aromatic heterocycles. The van der Waals surface area contributed by atoms with E-state index in [0.717, 1.165) is 0 Å². The van der Waals surface area contributed by atoms with E-state index in [2.05, 4.69) is 20.6 Å². The van der Waals surface area contributed by atoms with Crippen LogP contribution in [-0.2, 0) is 4.79 Å². The molecule has 2 aromatic rings. The minimum Gasteiger partial charge on any atom is -0.353 e. The van der Waals surface area contributed by atoms with Crippen LogP contribution in [0.15, 0.2) is 47.5 Å². The van der Waals surface area contributed by atoms with Gasteiger partial charge in [-0.15, -0.1) is 0 Å². The van der Waals surface area contributed by atoms with Crippen molar-refractivity contribution in [3.8, 4) is 0 Å². The van der Waals surface area contributed by atoms with Gasteiger partial charge in [0.2, 0.25) is 11.9 Å². The van der Waals surface area contributed by atoms with Crippen LogP contribution < -0.4 is 15.5 Å². The van der Waals surface area contributed by atoms with Gasteiger partial charge in [0.15, 0.2) is 0 Å². The molecule has 2 N–H and O–H groups in total. The van der Waals surface area contributed by atoms with E-state index in [9.17, 15) is 9.59 Å². The van der Waals surface area contributed by atoms with Crippen molar-refractivity contribution in [3.63, 3.8) is 0 Å². The number of aliphatic imine (C=N–C) groups is 1. The summed E-state index contributed by atoms with van der Waals surface area (Å²) in [7, 11) is 0. The first-order valence-electron chi connectivity index (χ1n) is 8.43. The molecular weight excluding hydrogens is 366 g/mol. The third-order valence-electron chi connectivity index (χ3n) is 4.12. The normalized spacial score (nSPS) is 17.2. The second-order valence-corrected chi connectivity index (χ2v) is 7.24. The first kappa shape index (κ1) is 18.8. The standard InChI is InChI=1S/C19H20ClN5O2/c1-12(26)25-16-6-4-5-15(22-16)23-18(21-11-19(25,2)3)24-17(27)13-7-9-14(20)10-8-13/h4-10H,11H2,1-3H3,(H2,21,22,23,24,27). The van der Waals surface area contributed by atoms with Crippen LogP contribution in [-0.4, -0.2) is 34.8 Å². The number of carbonyl (C=O) groups is 2. The van der Waals surface area contributed by atoms with Crippen molar-refractivity contribution in [1.82, 2.24) is 10.3 Å². The van der Waals surface area contributed by atoms with Crippen LogP contribution in [0.5, 0.6) is 0 Å². The number of nitrogens with one attached hydrogen (secondary N) is 2. The number of amides is 2. The summed E-state index contributed by atoms with van der Waals surface area (Å²) in [5.41, 5.74) is -0.171. The van der Waals surface area contributed by atoms with Crippen molar-refractivity contribution in [2.75, 3.05) is 16.8 Å². The van der Waals surface area contributed by atoms with E-state index < -0.39 is 11.4 Å². The maximum Gasteiger partial charge on any atom is 0.280 e. The summed E-state index contributed by atoms with van der Waals surface area (Å²) in [5, 5.41) is 6.68. The zero-order valence-electron chi connectivity index (χ0n) is 15.3. The Labute approximate surface area is 162 Å². The molecule has 140 valence electrons. The van der Waals surface area contributed by atoms with E-state index in [1.807, 2.05) is 13.8 Å². The molecule has 1 aromatic carbocycles. The highest BCUT2D eigenvalue weighted by Gasteiger charge is 2.32. The molecule has 7 nitrogen and oxygen atoms in total. The number of hydrogen-bond donors (Lipinski definition) is 2. The van der Waals surface area contributed by atoms with Crippen molar-refractivity contribution in [3.05, 3.63) is 53.1 Å². The third kappa shape index (κ3) is 4.25. The van der Waals surface area contributed by atoms with Gasteiger partial charge in [0.05, 0.1) is 5.54 Å². The van der Waals surface area contributed by atoms with Crippen molar-refractivity contribution in [1.29, 1.82) is 0 Å². The molecule has 0 atom stereocenters. The Hall–Kier alpha value is -2.93. The van der Waals surface area contributed by atoms with E-state index >= 15 is 0 Å². The van der Waals surface area contributed by atoms with Crippen molar-refractivity contribution < 1.29 is 9.59 Å². The summed E-state index contributed by atoms with van der Waals surface area (Å²) in [6.07, 6.45) is 0. The molecule has 0 fully saturated rings. The number of fused-ring (bicyclic) bond motifs is 2. The molecule has 3 rings (SSSR count). The minimum atomic E-state index is -0.590. The second-order valence-electron chi connectivity index (χ2n) is 6.80. The molecule has 0 unspecified atom stereocenters. The number of guanidine groups is 1. The predicted octanol–water partition coefficient (Wildman–Crippen LogP) is 3.08. The Balaban J connectivity index is 1.96. The van der Waals surface area contributed by atoms with Crippen LogP contribution in [0.4, 0.5) is 11.6 Å². The summed E-state index contributed by atoms with van der Waals surface area (Å²) in [6.45, 7) is 5.70. The van der Waals surface area contributed by atoms with Crippen LogP contribution >= 0.6 is 11.6 Å². The molecule has 0 spiro atoms. The minimum absolute atomic E-state index is 0.121. The van der Waals surface area contributed by atoms with Crippen molar-refractivity contribution in [2.45, 2.75) is 26.3 Å². The number of aromatic nitrogens is 1. The monoisotopic (exact) mass is 385 g/mol. The number of hydrogen-bond acceptors (Lipinski definition) is 3. The summed E-state index contributed by atoms with van der Waals surface area (Å²) in [6, 6.07) is 11.8. The van der Waals surface area contributed by atoms with Crippen LogP contribution in [0.2, 0.25) is 5.02 Å². The molecule has 2 bridgehead atoms. The van der Waals surface area contributed by atoms with Gasteiger partial charge in [0.1, 0.15) is 11.6 Å². The fourth-order valence-corrected chi connectivity index (χ4v) is 3.01. The lowest BCUT2D eigenvalue weighted by Gasteiger charge is -2.36. The van der Waals surface area contributed by atoms with Gasteiger partial charge in [-0.1, -0.05) is 17.7 Å². The van der Waals surface area contributed by atoms with Gasteiger partial charge in [-0.2, -0.15) is 4.99 Å². The lowest BCUT2D eigenvalue weighted by molar-refractivity contribution is -0.117. The van der Waals surface area contributed by atoms with Gasteiger partial charge in [0.25, 0.3) is 5.91 Å². The number of rotatable bonds is 1. The van der Waals surface area contributed by atoms with E-state index in [0.29, 0.717) is 28.8 Å². The fraction of sp³-hybridized carbons (Fsp3) is 0.263. The topological polar surface area (TPSA) is 86.7 Å². The first-order chi connectivity index (χ1) is 12.8. The van der Waals surface area contributed by atoms with Gasteiger partial charge in [-0.3, -0.25) is 14.5 Å². The summed E-state index contributed by atoms with van der Waals surface area (Å²) < 4.78 is 0. The van der Waals surface area contributed by atoms with Gasteiger partial charge >= 0.3 is 0 Å². The highest BCUT2D eigenvalue weighted by Crippen LogP contribution is 2.24. The zero-order valence-corrected chi connectivity index (χ0v) is 16.0. The van der Waals surface area contributed by atoms with Crippen LogP contribution in [0.1, 0.15) is 31.1 Å². The first-order valence-corrected chi connectivity index (χ1v) is 8.81. The molecule has 0 saturated heterocycles. The van der Waals surface area contributed by atoms with Gasteiger partial charge < -0.3 is 10.6 Å². The predicted molar refractivity (Wildman–Crippen MR) is 106 cm³/mol. The highest BCUT2D eigenvalue weighted by atomic mass is 35.5. The molecule has 0 radical (unpaired) electrons. The number of pyridine rings is 1. The van der Waals surface area contributed by atoms with Gasteiger partial charge in [-0.25, -0.2) is 4.98 Å². The molecule has 2 amide bonds. The lowest BCUT2D eigenvalue weighted by Crippen LogP contribution is -2.54. The van der Waals surface area contributed by atoms with Crippen molar-refractivity contribution in [2.24, 2.45) is 4.99 Å². The Morgan fingerprint density at radius 1 is 1.19 bits per heavy atom. The molecular formula is C19H20ClN5O2. The third-order valence-corrected chi connectivity index (χ3v) is 4.38. The summed E-state index contributed by atoms with van der Waals surface area (Å²) in [5.74, 6) is 0.733. The number of anilines is 2. The Morgan fingerprint density at radius 3 is 2.56 bits per heavy atom. The molecule has 1 aliphatic rings. The summed E-state index contributed by atoms with van der Waals surface area (Å²) in [4.78, 5) is 34.9. The van der Waals surface area contributed by atoms with Gasteiger partial charge in [0, 0.05) is 24.1 Å². The van der Waals surface area contributed by atoms with Crippen LogP contribution in [0, 0.1) is 0 Å². The average Bonchev–Trinajstić information content (AvgIpc) is 2.62. The molecule has 0 saturated carbocycles. The average molecular weight is 386 g/mol. The lowest BCUT2D eigenvalue weighted by atomic mass is 10.0.